The molecule has 4 rings (SSSR count). The van der Waals surface area contributed by atoms with Crippen LogP contribution < -0.4 is 10.6 Å². The first-order chi connectivity index (χ1) is 9.84. The van der Waals surface area contributed by atoms with E-state index in [1.54, 1.807) is 4.57 Å². The van der Waals surface area contributed by atoms with Crippen molar-refractivity contribution in [3.8, 4) is 0 Å². The normalized spacial score (nSPS) is 37.0. The Kier molecular flexibility index (Phi) is 2.43. The molecule has 3 aliphatic rings. The van der Waals surface area contributed by atoms with E-state index in [-0.39, 0.29) is 29.6 Å². The van der Waals surface area contributed by atoms with E-state index in [2.05, 4.69) is 10.6 Å². The number of urea groups is 1. The summed E-state index contributed by atoms with van der Waals surface area (Å²) in [5.74, 6) is -0.321. The largest absolute Gasteiger partial charge is 0.368 e. The SMILES string of the molecule is CN1C(=O)N[C@H]2[C@@H]3NC(=O)c4cc(Cl)c(Cl)n4[C@@H]3C[C@]21O. The fourth-order valence-corrected chi connectivity index (χ4v) is 4.12. The van der Waals surface area contributed by atoms with E-state index in [4.69, 9.17) is 23.2 Å². The molecule has 4 atom stereocenters. The zero-order valence-corrected chi connectivity index (χ0v) is 12.4. The van der Waals surface area contributed by atoms with Gasteiger partial charge in [-0.2, -0.15) is 0 Å². The van der Waals surface area contributed by atoms with E-state index in [1.165, 1.54) is 18.0 Å². The number of hydrogen-bond acceptors (Lipinski definition) is 3. The number of likely N-dealkylation sites (N-methyl/N-ethyl adjacent to an activating group) is 1. The molecule has 9 heteroatoms. The third-order valence-electron chi connectivity index (χ3n) is 4.74. The second kappa shape index (κ2) is 3.85. The van der Waals surface area contributed by atoms with Crippen LogP contribution >= 0.6 is 23.2 Å². The van der Waals surface area contributed by atoms with Crippen molar-refractivity contribution in [2.45, 2.75) is 30.3 Å². The Balaban J connectivity index is 1.85. The molecule has 21 heavy (non-hydrogen) atoms. The van der Waals surface area contributed by atoms with Gasteiger partial charge in [-0.25, -0.2) is 4.79 Å². The average molecular weight is 331 g/mol. The monoisotopic (exact) mass is 330 g/mol. The summed E-state index contributed by atoms with van der Waals surface area (Å²) in [7, 11) is 1.53. The molecule has 0 radical (unpaired) electrons. The minimum absolute atomic E-state index is 0.260. The first kappa shape index (κ1) is 13.2. The summed E-state index contributed by atoms with van der Waals surface area (Å²) in [4.78, 5) is 25.2. The van der Waals surface area contributed by atoms with Crippen LogP contribution in [0.5, 0.6) is 0 Å². The van der Waals surface area contributed by atoms with Crippen LogP contribution in [0.1, 0.15) is 23.0 Å². The molecule has 112 valence electrons. The number of carbonyl (C=O) groups is 2. The molecule has 7 nitrogen and oxygen atoms in total. The average Bonchev–Trinajstić information content (AvgIpc) is 2.95. The lowest BCUT2D eigenvalue weighted by atomic mass is 10.1. The highest BCUT2D eigenvalue weighted by molar-refractivity contribution is 6.42. The number of amides is 3. The van der Waals surface area contributed by atoms with Gasteiger partial charge < -0.3 is 20.3 Å². The Morgan fingerprint density at radius 3 is 2.81 bits per heavy atom. The third kappa shape index (κ3) is 1.43. The van der Waals surface area contributed by atoms with Crippen molar-refractivity contribution in [2.24, 2.45) is 0 Å². The van der Waals surface area contributed by atoms with Crippen molar-refractivity contribution in [1.29, 1.82) is 0 Å². The second-order valence-corrected chi connectivity index (χ2v) is 6.44. The quantitative estimate of drug-likeness (QED) is 0.649. The third-order valence-corrected chi connectivity index (χ3v) is 5.51. The Hall–Kier alpha value is -1.44. The van der Waals surface area contributed by atoms with E-state index in [0.717, 1.165) is 0 Å². The van der Waals surface area contributed by atoms with Crippen molar-refractivity contribution >= 4 is 35.1 Å². The summed E-state index contributed by atoms with van der Waals surface area (Å²) in [5, 5.41) is 16.9. The highest BCUT2D eigenvalue weighted by Gasteiger charge is 2.63. The zero-order chi connectivity index (χ0) is 15.1. The number of rotatable bonds is 0. The van der Waals surface area contributed by atoms with Crippen molar-refractivity contribution in [3.63, 3.8) is 0 Å². The molecule has 3 amide bonds. The lowest BCUT2D eigenvalue weighted by Crippen LogP contribution is -2.56. The van der Waals surface area contributed by atoms with Crippen LogP contribution in [-0.2, 0) is 0 Å². The number of nitrogens with one attached hydrogen (secondary N) is 2. The summed E-state index contributed by atoms with van der Waals surface area (Å²) in [5.41, 5.74) is -0.995. The molecular weight excluding hydrogens is 319 g/mol. The Bertz CT molecular complexity index is 690. The van der Waals surface area contributed by atoms with Gasteiger partial charge in [0.2, 0.25) is 0 Å². The molecule has 1 saturated heterocycles. The van der Waals surface area contributed by atoms with Gasteiger partial charge in [0.05, 0.1) is 17.1 Å². The Labute approximate surface area is 129 Å². The molecule has 0 spiro atoms. The highest BCUT2D eigenvalue weighted by Crippen LogP contribution is 2.47. The minimum Gasteiger partial charge on any atom is -0.368 e. The van der Waals surface area contributed by atoms with Gasteiger partial charge >= 0.3 is 6.03 Å². The lowest BCUT2D eigenvalue weighted by Gasteiger charge is -2.31. The van der Waals surface area contributed by atoms with Crippen LogP contribution in [0.25, 0.3) is 0 Å². The summed E-state index contributed by atoms with van der Waals surface area (Å²) < 4.78 is 1.64. The fraction of sp³-hybridized carbons (Fsp3) is 0.500. The van der Waals surface area contributed by atoms with Crippen LogP contribution in [0.3, 0.4) is 0 Å². The molecule has 3 N–H and O–H groups in total. The minimum atomic E-state index is -1.36. The topological polar surface area (TPSA) is 86.6 Å². The number of carbonyl (C=O) groups excluding carboxylic acids is 2. The van der Waals surface area contributed by atoms with E-state index >= 15 is 0 Å². The van der Waals surface area contributed by atoms with Crippen molar-refractivity contribution in [2.75, 3.05) is 7.05 Å². The molecule has 0 aromatic carbocycles. The van der Waals surface area contributed by atoms with E-state index in [0.29, 0.717) is 10.7 Å². The van der Waals surface area contributed by atoms with Crippen LogP contribution in [0, 0.1) is 0 Å². The molecule has 1 saturated carbocycles. The summed E-state index contributed by atoms with van der Waals surface area (Å²) in [6.45, 7) is 0. The Morgan fingerprint density at radius 2 is 2.10 bits per heavy atom. The van der Waals surface area contributed by atoms with Gasteiger partial charge in [0.1, 0.15) is 16.9 Å². The zero-order valence-electron chi connectivity index (χ0n) is 10.9. The van der Waals surface area contributed by atoms with Crippen LogP contribution in [0.4, 0.5) is 4.79 Å². The number of nitrogens with zero attached hydrogens (tertiary/aromatic N) is 2. The van der Waals surface area contributed by atoms with Crippen molar-refractivity contribution in [3.05, 3.63) is 21.9 Å². The summed E-state index contributed by atoms with van der Waals surface area (Å²) in [6.07, 6.45) is 0.260. The van der Waals surface area contributed by atoms with Crippen LogP contribution in [0.15, 0.2) is 6.07 Å². The number of aliphatic hydroxyl groups is 1. The number of hydrogen-bond donors (Lipinski definition) is 3. The maximum absolute atomic E-state index is 12.2. The maximum atomic E-state index is 12.2. The second-order valence-electron chi connectivity index (χ2n) is 5.67. The summed E-state index contributed by atoms with van der Waals surface area (Å²) in [6, 6.07) is -0.150. The van der Waals surface area contributed by atoms with Gasteiger partial charge in [-0.1, -0.05) is 23.2 Å². The van der Waals surface area contributed by atoms with Gasteiger partial charge in [0.25, 0.3) is 5.91 Å². The summed E-state index contributed by atoms with van der Waals surface area (Å²) >= 11 is 12.2. The smallest absolute Gasteiger partial charge is 0.319 e. The molecule has 1 aromatic heterocycles. The van der Waals surface area contributed by atoms with Crippen LogP contribution in [0.2, 0.25) is 10.2 Å². The van der Waals surface area contributed by atoms with E-state index < -0.39 is 17.8 Å². The number of fused-ring (bicyclic) bond motifs is 5. The Morgan fingerprint density at radius 1 is 1.38 bits per heavy atom. The maximum Gasteiger partial charge on any atom is 0.319 e. The van der Waals surface area contributed by atoms with Gasteiger partial charge in [-0.3, -0.25) is 9.69 Å². The molecule has 0 bridgehead atoms. The van der Waals surface area contributed by atoms with Crippen molar-refractivity contribution in [1.82, 2.24) is 20.1 Å². The van der Waals surface area contributed by atoms with E-state index in [9.17, 15) is 14.7 Å². The first-order valence-corrected chi connectivity index (χ1v) is 7.24. The predicted octanol–water partition coefficient (Wildman–Crippen LogP) is 0.564. The predicted molar refractivity (Wildman–Crippen MR) is 74.4 cm³/mol. The standard InChI is InChI=1S/C12H12Cl2N4O3/c1-17-11(20)16-8-7-6(3-12(8,17)21)18-5(10(19)15-7)2-4(13)9(18)14/h2,6-8,21H,3H2,1H3,(H,15,19)(H,16,20)/t6-,7-,8+,12+/m1/s1. The first-order valence-electron chi connectivity index (χ1n) is 6.48. The molecule has 2 fully saturated rings. The van der Waals surface area contributed by atoms with Crippen LogP contribution in [-0.4, -0.2) is 51.4 Å². The molecule has 2 aliphatic heterocycles. The number of halogens is 2. The van der Waals surface area contributed by atoms with E-state index in [1.807, 2.05) is 0 Å². The van der Waals surface area contributed by atoms with Gasteiger partial charge in [0, 0.05) is 13.5 Å². The molecule has 3 heterocycles. The molecular formula is C12H12Cl2N4O3. The van der Waals surface area contributed by atoms with Crippen molar-refractivity contribution < 1.29 is 14.7 Å². The van der Waals surface area contributed by atoms with Gasteiger partial charge in [-0.05, 0) is 6.07 Å². The number of aromatic nitrogens is 1. The highest BCUT2D eigenvalue weighted by atomic mass is 35.5. The molecule has 1 aromatic rings. The van der Waals surface area contributed by atoms with Gasteiger partial charge in [0.15, 0.2) is 5.72 Å². The fourth-order valence-electron chi connectivity index (χ4n) is 3.65. The molecule has 0 unspecified atom stereocenters. The van der Waals surface area contributed by atoms with Gasteiger partial charge in [-0.15, -0.1) is 0 Å². The lowest BCUT2D eigenvalue weighted by molar-refractivity contribution is -0.0561. The molecule has 1 aliphatic carbocycles.